The Morgan fingerprint density at radius 1 is 0.861 bits per heavy atom. The molecule has 3 rings (SSSR count). The lowest BCUT2D eigenvalue weighted by Gasteiger charge is -2.27. The van der Waals surface area contributed by atoms with E-state index in [1.54, 1.807) is 29.6 Å². The molecular weight excluding hydrogens is 539 g/mol. The zero-order valence-electron chi connectivity index (χ0n) is 18.9. The minimum atomic E-state index is -4.89. The van der Waals surface area contributed by atoms with Crippen molar-refractivity contribution in [3.8, 4) is 0 Å². The second kappa shape index (κ2) is 10.9. The van der Waals surface area contributed by atoms with E-state index < -0.39 is 37.9 Å². The molecule has 1 heterocycles. The van der Waals surface area contributed by atoms with Gasteiger partial charge in [-0.15, -0.1) is 11.3 Å². The molecule has 0 saturated heterocycles. The third-order valence-corrected chi connectivity index (χ3v) is 9.48. The van der Waals surface area contributed by atoms with Crippen LogP contribution >= 0.6 is 11.3 Å². The topological polar surface area (TPSA) is 125 Å². The van der Waals surface area contributed by atoms with Gasteiger partial charge < -0.3 is 10.4 Å². The molecular formula is C22H24F3N3O5S3. The molecule has 2 aromatic carbocycles. The highest BCUT2D eigenvalue weighted by Crippen LogP contribution is 2.38. The van der Waals surface area contributed by atoms with Crippen molar-refractivity contribution in [3.63, 3.8) is 0 Å². The van der Waals surface area contributed by atoms with Crippen LogP contribution in [0.25, 0.3) is 0 Å². The van der Waals surface area contributed by atoms with Crippen LogP contribution in [0.3, 0.4) is 0 Å². The molecule has 1 unspecified atom stereocenters. The van der Waals surface area contributed by atoms with Gasteiger partial charge in [-0.25, -0.2) is 26.3 Å². The minimum Gasteiger partial charge on any atom is -0.380 e. The summed E-state index contributed by atoms with van der Waals surface area (Å²) in [6, 6.07) is 14.4. The Balaban J connectivity index is 1.78. The first-order valence-corrected chi connectivity index (χ1v) is 14.3. The Morgan fingerprint density at radius 3 is 1.97 bits per heavy atom. The highest BCUT2D eigenvalue weighted by Gasteiger charge is 2.51. The van der Waals surface area contributed by atoms with Crippen LogP contribution in [0, 0.1) is 0 Å². The lowest BCUT2D eigenvalue weighted by Crippen LogP contribution is -2.44. The molecule has 3 aromatic rings. The van der Waals surface area contributed by atoms with Crippen LogP contribution in [0.1, 0.15) is 12.5 Å². The number of sulfonamides is 2. The summed E-state index contributed by atoms with van der Waals surface area (Å²) in [6.45, 7) is 0.154. The van der Waals surface area contributed by atoms with Crippen LogP contribution in [0.4, 0.5) is 18.9 Å². The molecule has 196 valence electrons. The van der Waals surface area contributed by atoms with Crippen molar-refractivity contribution in [3.05, 3.63) is 77.7 Å². The number of nitrogens with one attached hydrogen (secondary N) is 3. The zero-order valence-corrected chi connectivity index (χ0v) is 21.3. The maximum atomic E-state index is 13.1. The Kier molecular flexibility index (Phi) is 8.48. The smallest absolute Gasteiger partial charge is 0.380 e. The van der Waals surface area contributed by atoms with Gasteiger partial charge in [0.1, 0.15) is 4.21 Å². The fraction of sp³-hybridized carbons (Fsp3) is 0.273. The SMILES string of the molecule is CC(O)(c1ccc(N[C@@H](CNS(=O)(=O)c2ccccc2)CNS(=O)(=O)c2cccs2)cc1)C(F)(F)F. The van der Waals surface area contributed by atoms with Crippen molar-refractivity contribution in [1.82, 2.24) is 9.44 Å². The molecule has 0 bridgehead atoms. The van der Waals surface area contributed by atoms with E-state index in [0.717, 1.165) is 23.5 Å². The molecule has 0 saturated carbocycles. The first-order valence-electron chi connectivity index (χ1n) is 10.5. The van der Waals surface area contributed by atoms with Gasteiger partial charge in [-0.2, -0.15) is 13.2 Å². The second-order valence-corrected chi connectivity index (χ2v) is 12.6. The number of halogens is 3. The molecule has 36 heavy (non-hydrogen) atoms. The van der Waals surface area contributed by atoms with Crippen LogP contribution in [0.15, 0.2) is 81.2 Å². The standard InChI is InChI=1S/C22H24F3N3O5S3/c1-21(29,22(23,24)25)16-9-11-17(12-10-16)28-18(15-27-36(32,33)20-8-5-13-34-20)14-26-35(30,31)19-6-3-2-4-7-19/h2-13,18,26-29H,14-15H2,1H3/t18-,21?/m0/s1. The number of anilines is 1. The molecule has 14 heteroatoms. The summed E-state index contributed by atoms with van der Waals surface area (Å²) in [5.41, 5.74) is -3.16. The van der Waals surface area contributed by atoms with E-state index >= 15 is 0 Å². The van der Waals surface area contributed by atoms with Crippen molar-refractivity contribution < 1.29 is 35.1 Å². The van der Waals surface area contributed by atoms with Gasteiger partial charge in [-0.3, -0.25) is 0 Å². The molecule has 4 N–H and O–H groups in total. The molecule has 0 aliphatic carbocycles. The monoisotopic (exact) mass is 563 g/mol. The highest BCUT2D eigenvalue weighted by molar-refractivity contribution is 7.91. The summed E-state index contributed by atoms with van der Waals surface area (Å²) in [4.78, 5) is 0.0154. The van der Waals surface area contributed by atoms with Crippen molar-refractivity contribution in [1.29, 1.82) is 0 Å². The molecule has 0 spiro atoms. The van der Waals surface area contributed by atoms with Crippen molar-refractivity contribution in [2.45, 2.75) is 33.8 Å². The zero-order chi connectivity index (χ0) is 26.6. The Bertz CT molecular complexity index is 1350. The van der Waals surface area contributed by atoms with E-state index in [9.17, 15) is 35.1 Å². The van der Waals surface area contributed by atoms with Crippen LogP contribution in [-0.2, 0) is 25.6 Å². The molecule has 2 atom stereocenters. The molecule has 8 nitrogen and oxygen atoms in total. The number of benzene rings is 2. The average molecular weight is 564 g/mol. The van der Waals surface area contributed by atoms with Crippen LogP contribution < -0.4 is 14.8 Å². The van der Waals surface area contributed by atoms with Gasteiger partial charge in [0.15, 0.2) is 5.60 Å². The van der Waals surface area contributed by atoms with Crippen LogP contribution in [0.5, 0.6) is 0 Å². The molecule has 0 amide bonds. The fourth-order valence-electron chi connectivity index (χ4n) is 3.06. The fourth-order valence-corrected chi connectivity index (χ4v) is 6.28. The number of hydrogen-bond acceptors (Lipinski definition) is 7. The van der Waals surface area contributed by atoms with Gasteiger partial charge in [0.05, 0.1) is 10.9 Å². The Labute approximate surface area is 211 Å². The number of alkyl halides is 3. The van der Waals surface area contributed by atoms with Crippen molar-refractivity contribution in [2.24, 2.45) is 0 Å². The highest BCUT2D eigenvalue weighted by atomic mass is 32.2. The van der Waals surface area contributed by atoms with Gasteiger partial charge in [0.2, 0.25) is 20.0 Å². The Morgan fingerprint density at radius 2 is 1.44 bits per heavy atom. The lowest BCUT2D eigenvalue weighted by molar-refractivity contribution is -0.258. The Hall–Kier alpha value is -2.49. The lowest BCUT2D eigenvalue weighted by atomic mass is 9.95. The largest absolute Gasteiger partial charge is 0.421 e. The number of rotatable bonds is 11. The predicted molar refractivity (Wildman–Crippen MR) is 131 cm³/mol. The van der Waals surface area contributed by atoms with Crippen LogP contribution in [0.2, 0.25) is 0 Å². The summed E-state index contributed by atoms with van der Waals surface area (Å²) < 4.78 is 94.5. The molecule has 0 aliphatic rings. The summed E-state index contributed by atoms with van der Waals surface area (Å²) in [6.07, 6.45) is -4.89. The predicted octanol–water partition coefficient (Wildman–Crippen LogP) is 3.26. The number of thiophene rings is 1. The molecule has 0 aliphatic heterocycles. The number of aliphatic hydroxyl groups is 1. The average Bonchev–Trinajstić information content (AvgIpc) is 3.37. The summed E-state index contributed by atoms with van der Waals surface area (Å²) in [7, 11) is -7.77. The first kappa shape index (κ1) is 28.1. The number of hydrogen-bond donors (Lipinski definition) is 4. The van der Waals surface area contributed by atoms with Gasteiger partial charge in [-0.1, -0.05) is 36.4 Å². The van der Waals surface area contributed by atoms with E-state index in [0.29, 0.717) is 6.92 Å². The van der Waals surface area contributed by atoms with E-state index in [2.05, 4.69) is 14.8 Å². The van der Waals surface area contributed by atoms with Gasteiger partial charge in [-0.05, 0) is 48.2 Å². The maximum absolute atomic E-state index is 13.1. The summed E-state index contributed by atoms with van der Waals surface area (Å²) in [5, 5.41) is 14.4. The normalized spacial score (nSPS) is 15.2. The molecule has 1 aromatic heterocycles. The maximum Gasteiger partial charge on any atom is 0.421 e. The van der Waals surface area contributed by atoms with Gasteiger partial charge in [0, 0.05) is 18.8 Å². The van der Waals surface area contributed by atoms with Gasteiger partial charge >= 0.3 is 6.18 Å². The van der Waals surface area contributed by atoms with E-state index in [1.165, 1.54) is 30.3 Å². The first-order chi connectivity index (χ1) is 16.7. The summed E-state index contributed by atoms with van der Waals surface area (Å²) in [5.74, 6) is 0. The van der Waals surface area contributed by atoms with E-state index in [1.807, 2.05) is 0 Å². The van der Waals surface area contributed by atoms with E-state index in [-0.39, 0.29) is 33.4 Å². The van der Waals surface area contributed by atoms with Gasteiger partial charge in [0.25, 0.3) is 0 Å². The minimum absolute atomic E-state index is 0.0154. The summed E-state index contributed by atoms with van der Waals surface area (Å²) >= 11 is 1.01. The van der Waals surface area contributed by atoms with Crippen molar-refractivity contribution in [2.75, 3.05) is 18.4 Å². The van der Waals surface area contributed by atoms with Crippen molar-refractivity contribution >= 4 is 37.1 Å². The third kappa shape index (κ3) is 6.83. The van der Waals surface area contributed by atoms with Crippen LogP contribution in [-0.4, -0.2) is 47.2 Å². The molecule has 0 fully saturated rings. The third-order valence-electron chi connectivity index (χ3n) is 5.22. The second-order valence-electron chi connectivity index (χ2n) is 7.94. The quantitative estimate of drug-likeness (QED) is 0.284. The van der Waals surface area contributed by atoms with E-state index in [4.69, 9.17) is 0 Å². The molecule has 0 radical (unpaired) electrons.